The average molecular weight is 227 g/mol. The number of hydrogen-bond acceptors (Lipinski definition) is 2. The Bertz CT molecular complexity index is 491. The molecule has 1 aromatic carbocycles. The summed E-state index contributed by atoms with van der Waals surface area (Å²) in [5.41, 5.74) is 4.23. The van der Waals surface area contributed by atoms with E-state index in [1.54, 1.807) is 0 Å². The summed E-state index contributed by atoms with van der Waals surface area (Å²) in [5, 5.41) is 7.79. The van der Waals surface area contributed by atoms with Crippen LogP contribution < -0.4 is 5.32 Å². The number of hydrogen-bond donors (Lipinski definition) is 1. The van der Waals surface area contributed by atoms with Crippen molar-refractivity contribution < 1.29 is 0 Å². The van der Waals surface area contributed by atoms with Gasteiger partial charge in [0, 0.05) is 25.8 Å². The first-order chi connectivity index (χ1) is 8.33. The van der Waals surface area contributed by atoms with E-state index < -0.39 is 0 Å². The zero-order valence-corrected chi connectivity index (χ0v) is 10.1. The second-order valence-electron chi connectivity index (χ2n) is 4.70. The van der Waals surface area contributed by atoms with Crippen molar-refractivity contribution in [2.75, 3.05) is 0 Å². The lowest BCUT2D eigenvalue weighted by molar-refractivity contribution is 0.515. The summed E-state index contributed by atoms with van der Waals surface area (Å²) < 4.78 is 1.93. The SMILES string of the molecule is Cn1nccc1CNC1Cc2ccccc2C1. The first-order valence-corrected chi connectivity index (χ1v) is 6.10. The highest BCUT2D eigenvalue weighted by Crippen LogP contribution is 2.21. The minimum Gasteiger partial charge on any atom is -0.308 e. The van der Waals surface area contributed by atoms with Crippen LogP contribution in [0.4, 0.5) is 0 Å². The van der Waals surface area contributed by atoms with E-state index >= 15 is 0 Å². The third kappa shape index (κ3) is 2.11. The predicted molar refractivity (Wildman–Crippen MR) is 67.7 cm³/mol. The van der Waals surface area contributed by atoms with E-state index in [9.17, 15) is 0 Å². The minimum absolute atomic E-state index is 0.572. The normalized spacial score (nSPS) is 15.1. The molecule has 3 heteroatoms. The molecule has 0 amide bonds. The van der Waals surface area contributed by atoms with E-state index in [0.29, 0.717) is 6.04 Å². The van der Waals surface area contributed by atoms with Crippen LogP contribution in [-0.2, 0) is 26.4 Å². The molecule has 0 bridgehead atoms. The third-order valence-corrected chi connectivity index (χ3v) is 3.55. The maximum absolute atomic E-state index is 4.18. The molecule has 1 aliphatic carbocycles. The van der Waals surface area contributed by atoms with Gasteiger partial charge in [-0.15, -0.1) is 0 Å². The zero-order chi connectivity index (χ0) is 11.7. The summed E-state index contributed by atoms with van der Waals surface area (Å²) in [4.78, 5) is 0. The molecule has 0 atom stereocenters. The summed E-state index contributed by atoms with van der Waals surface area (Å²) >= 11 is 0. The summed E-state index contributed by atoms with van der Waals surface area (Å²) in [6, 6.07) is 11.4. The van der Waals surface area contributed by atoms with Gasteiger partial charge in [0.25, 0.3) is 0 Å². The van der Waals surface area contributed by atoms with Crippen molar-refractivity contribution >= 4 is 0 Å². The van der Waals surface area contributed by atoms with Gasteiger partial charge in [-0.3, -0.25) is 4.68 Å². The summed E-state index contributed by atoms with van der Waals surface area (Å²) in [6.45, 7) is 0.898. The Balaban J connectivity index is 1.61. The van der Waals surface area contributed by atoms with Crippen LogP contribution in [0.3, 0.4) is 0 Å². The Morgan fingerprint density at radius 1 is 1.24 bits per heavy atom. The van der Waals surface area contributed by atoms with Crippen LogP contribution >= 0.6 is 0 Å². The second-order valence-corrected chi connectivity index (χ2v) is 4.70. The number of rotatable bonds is 3. The molecule has 1 aliphatic rings. The molecule has 0 saturated heterocycles. The van der Waals surface area contributed by atoms with Gasteiger partial charge in [-0.1, -0.05) is 24.3 Å². The van der Waals surface area contributed by atoms with Gasteiger partial charge in [0.1, 0.15) is 0 Å². The van der Waals surface area contributed by atoms with Crippen LogP contribution in [0.2, 0.25) is 0 Å². The van der Waals surface area contributed by atoms with Gasteiger partial charge >= 0.3 is 0 Å². The van der Waals surface area contributed by atoms with Crippen LogP contribution in [0.15, 0.2) is 36.5 Å². The lowest BCUT2D eigenvalue weighted by Gasteiger charge is -2.11. The molecule has 0 aliphatic heterocycles. The van der Waals surface area contributed by atoms with Crippen LogP contribution in [0.5, 0.6) is 0 Å². The number of benzene rings is 1. The van der Waals surface area contributed by atoms with Gasteiger partial charge < -0.3 is 5.32 Å². The summed E-state index contributed by atoms with van der Waals surface area (Å²) in [6.07, 6.45) is 4.14. The van der Waals surface area contributed by atoms with Crippen LogP contribution in [0, 0.1) is 0 Å². The van der Waals surface area contributed by atoms with E-state index in [2.05, 4.69) is 40.7 Å². The topological polar surface area (TPSA) is 29.9 Å². The molecule has 88 valence electrons. The highest BCUT2D eigenvalue weighted by molar-refractivity contribution is 5.33. The van der Waals surface area contributed by atoms with Gasteiger partial charge in [-0.25, -0.2) is 0 Å². The smallest absolute Gasteiger partial charge is 0.0518 e. The lowest BCUT2D eigenvalue weighted by Crippen LogP contribution is -2.29. The van der Waals surface area contributed by atoms with E-state index in [1.807, 2.05) is 17.9 Å². The number of aryl methyl sites for hydroxylation is 1. The largest absolute Gasteiger partial charge is 0.308 e. The van der Waals surface area contributed by atoms with Crippen LogP contribution in [0.1, 0.15) is 16.8 Å². The molecule has 3 rings (SSSR count). The van der Waals surface area contributed by atoms with Crippen molar-refractivity contribution in [3.05, 3.63) is 53.3 Å². The molecular formula is C14H17N3. The number of fused-ring (bicyclic) bond motifs is 1. The van der Waals surface area contributed by atoms with Crippen molar-refractivity contribution in [3.63, 3.8) is 0 Å². The van der Waals surface area contributed by atoms with E-state index in [1.165, 1.54) is 16.8 Å². The molecule has 0 unspecified atom stereocenters. The van der Waals surface area contributed by atoms with Crippen molar-refractivity contribution in [1.29, 1.82) is 0 Å². The Morgan fingerprint density at radius 2 is 1.94 bits per heavy atom. The Morgan fingerprint density at radius 3 is 2.53 bits per heavy atom. The maximum atomic E-state index is 4.18. The molecule has 3 nitrogen and oxygen atoms in total. The Labute approximate surface area is 101 Å². The Hall–Kier alpha value is -1.61. The number of nitrogens with one attached hydrogen (secondary N) is 1. The lowest BCUT2D eigenvalue weighted by atomic mass is 10.1. The van der Waals surface area contributed by atoms with Gasteiger partial charge in [0.2, 0.25) is 0 Å². The molecule has 17 heavy (non-hydrogen) atoms. The van der Waals surface area contributed by atoms with E-state index in [0.717, 1.165) is 19.4 Å². The fraction of sp³-hybridized carbons (Fsp3) is 0.357. The highest BCUT2D eigenvalue weighted by Gasteiger charge is 2.20. The van der Waals surface area contributed by atoms with Crippen molar-refractivity contribution in [3.8, 4) is 0 Å². The number of nitrogens with zero attached hydrogens (tertiary/aromatic N) is 2. The first kappa shape index (κ1) is 10.5. The molecule has 0 spiro atoms. The average Bonchev–Trinajstić information content (AvgIpc) is 2.92. The highest BCUT2D eigenvalue weighted by atomic mass is 15.3. The molecule has 1 N–H and O–H groups in total. The molecule has 0 saturated carbocycles. The summed E-state index contributed by atoms with van der Waals surface area (Å²) in [7, 11) is 1.99. The Kier molecular flexibility index (Phi) is 2.69. The molecule has 0 fully saturated rings. The molecular weight excluding hydrogens is 210 g/mol. The molecule has 1 aromatic heterocycles. The minimum atomic E-state index is 0.572. The fourth-order valence-electron chi connectivity index (χ4n) is 2.53. The monoisotopic (exact) mass is 227 g/mol. The van der Waals surface area contributed by atoms with Gasteiger partial charge in [-0.2, -0.15) is 5.10 Å². The summed E-state index contributed by atoms with van der Waals surface area (Å²) in [5.74, 6) is 0. The standard InChI is InChI=1S/C14H17N3/c1-17-14(6-7-16-17)10-15-13-8-11-4-2-3-5-12(11)9-13/h2-7,13,15H,8-10H2,1H3. The first-order valence-electron chi connectivity index (χ1n) is 6.10. The molecule has 1 heterocycles. The van der Waals surface area contributed by atoms with Crippen molar-refractivity contribution in [1.82, 2.24) is 15.1 Å². The van der Waals surface area contributed by atoms with Crippen LogP contribution in [0.25, 0.3) is 0 Å². The van der Waals surface area contributed by atoms with Gasteiger partial charge in [-0.05, 0) is 30.0 Å². The van der Waals surface area contributed by atoms with Gasteiger partial charge in [0.15, 0.2) is 0 Å². The molecule has 2 aromatic rings. The number of aromatic nitrogens is 2. The predicted octanol–water partition coefficient (Wildman–Crippen LogP) is 1.68. The second kappa shape index (κ2) is 4.34. The maximum Gasteiger partial charge on any atom is 0.0518 e. The fourth-order valence-corrected chi connectivity index (χ4v) is 2.53. The molecule has 0 radical (unpaired) electrons. The quantitative estimate of drug-likeness (QED) is 0.864. The van der Waals surface area contributed by atoms with E-state index in [4.69, 9.17) is 0 Å². The van der Waals surface area contributed by atoms with E-state index in [-0.39, 0.29) is 0 Å². The van der Waals surface area contributed by atoms with Gasteiger partial charge in [0.05, 0.1) is 5.69 Å². The van der Waals surface area contributed by atoms with Crippen molar-refractivity contribution in [2.24, 2.45) is 7.05 Å². The van der Waals surface area contributed by atoms with Crippen LogP contribution in [-0.4, -0.2) is 15.8 Å². The van der Waals surface area contributed by atoms with Crippen molar-refractivity contribution in [2.45, 2.75) is 25.4 Å². The third-order valence-electron chi connectivity index (χ3n) is 3.55. The zero-order valence-electron chi connectivity index (χ0n) is 10.1.